The third kappa shape index (κ3) is 5.03. The fourth-order valence-electron chi connectivity index (χ4n) is 1.74. The average molecular weight is 351 g/mol. The number of aryl methyl sites for hydroxylation is 1. The summed E-state index contributed by atoms with van der Waals surface area (Å²) in [7, 11) is 0. The highest BCUT2D eigenvalue weighted by Crippen LogP contribution is 2.14. The van der Waals surface area contributed by atoms with Crippen LogP contribution in [0, 0.1) is 0 Å². The molecule has 2 aromatic rings. The van der Waals surface area contributed by atoms with Crippen LogP contribution < -0.4 is 10.6 Å². The molecule has 1 heterocycles. The third-order valence-electron chi connectivity index (χ3n) is 2.66. The van der Waals surface area contributed by atoms with Gasteiger partial charge in [0.25, 0.3) is 0 Å². The first-order chi connectivity index (χ1) is 10.0. The van der Waals surface area contributed by atoms with Crippen LogP contribution in [-0.4, -0.2) is 21.6 Å². The predicted molar refractivity (Wildman–Crippen MR) is 83.9 cm³/mol. The summed E-state index contributed by atoms with van der Waals surface area (Å²) in [6.45, 7) is 1.96. The maximum atomic E-state index is 11.8. The van der Waals surface area contributed by atoms with E-state index < -0.39 is 0 Å². The van der Waals surface area contributed by atoms with Gasteiger partial charge in [0.2, 0.25) is 11.8 Å². The minimum atomic E-state index is -0.128. The Balaban J connectivity index is 1.83. The van der Waals surface area contributed by atoms with E-state index in [0.29, 0.717) is 24.3 Å². The lowest BCUT2D eigenvalue weighted by Crippen LogP contribution is -2.14. The number of nitrogens with one attached hydrogen (secondary N) is 2. The summed E-state index contributed by atoms with van der Waals surface area (Å²) in [5.41, 5.74) is 1.39. The number of rotatable bonds is 5. The number of carbonyl (C=O) groups excluding carboxylic acids is 2. The molecule has 0 saturated heterocycles. The van der Waals surface area contributed by atoms with Crippen molar-refractivity contribution in [3.63, 3.8) is 0 Å². The van der Waals surface area contributed by atoms with Crippen molar-refractivity contribution in [2.75, 3.05) is 10.6 Å². The zero-order valence-corrected chi connectivity index (χ0v) is 13.1. The molecule has 21 heavy (non-hydrogen) atoms. The number of hydrogen-bond acceptors (Lipinski definition) is 3. The van der Waals surface area contributed by atoms with Crippen molar-refractivity contribution in [2.24, 2.45) is 0 Å². The normalized spacial score (nSPS) is 10.2. The number of anilines is 2. The van der Waals surface area contributed by atoms with E-state index in [2.05, 4.69) is 31.7 Å². The van der Waals surface area contributed by atoms with Crippen LogP contribution in [0.3, 0.4) is 0 Å². The Bertz CT molecular complexity index is 637. The summed E-state index contributed by atoms with van der Waals surface area (Å²) in [5.74, 6) is -0.217. The minimum absolute atomic E-state index is 0.0890. The average Bonchev–Trinajstić information content (AvgIpc) is 2.84. The third-order valence-corrected chi connectivity index (χ3v) is 3.07. The van der Waals surface area contributed by atoms with E-state index in [1.54, 1.807) is 35.1 Å². The molecule has 1 aromatic carbocycles. The van der Waals surface area contributed by atoms with E-state index in [4.69, 9.17) is 0 Å². The molecule has 0 aliphatic rings. The summed E-state index contributed by atoms with van der Waals surface area (Å²) >= 11 is 3.30. The molecule has 0 fully saturated rings. The Morgan fingerprint density at radius 3 is 2.33 bits per heavy atom. The summed E-state index contributed by atoms with van der Waals surface area (Å²) in [5, 5.41) is 9.55. The van der Waals surface area contributed by atoms with Gasteiger partial charge in [-0.25, -0.2) is 0 Å². The van der Waals surface area contributed by atoms with Crippen LogP contribution in [0.15, 0.2) is 41.1 Å². The lowest BCUT2D eigenvalue weighted by molar-refractivity contribution is -0.116. The SMILES string of the molecule is CC(=O)Nc1ccc(NC(=O)CCn2cc(Br)cn2)cc1. The summed E-state index contributed by atoms with van der Waals surface area (Å²) in [6, 6.07) is 6.96. The maximum Gasteiger partial charge on any atom is 0.226 e. The van der Waals surface area contributed by atoms with Crippen molar-refractivity contribution >= 4 is 39.1 Å². The van der Waals surface area contributed by atoms with E-state index in [1.807, 2.05) is 6.20 Å². The van der Waals surface area contributed by atoms with Gasteiger partial charge in [-0.2, -0.15) is 5.10 Å². The highest BCUT2D eigenvalue weighted by molar-refractivity contribution is 9.10. The molecule has 0 unspecified atom stereocenters. The fourth-order valence-corrected chi connectivity index (χ4v) is 2.07. The van der Waals surface area contributed by atoms with E-state index >= 15 is 0 Å². The molecular weight excluding hydrogens is 336 g/mol. The standard InChI is InChI=1S/C14H15BrN4O2/c1-10(20)17-12-2-4-13(5-3-12)18-14(21)6-7-19-9-11(15)8-16-19/h2-5,8-9H,6-7H2,1H3,(H,17,20)(H,18,21). The van der Waals surface area contributed by atoms with Crippen molar-refractivity contribution < 1.29 is 9.59 Å². The fraction of sp³-hybridized carbons (Fsp3) is 0.214. The Morgan fingerprint density at radius 1 is 1.19 bits per heavy atom. The predicted octanol–water partition coefficient (Wildman–Crippen LogP) is 2.63. The number of aromatic nitrogens is 2. The second-order valence-corrected chi connectivity index (χ2v) is 5.39. The first kappa shape index (κ1) is 15.2. The molecule has 0 radical (unpaired) electrons. The molecule has 1 aromatic heterocycles. The van der Waals surface area contributed by atoms with Gasteiger partial charge in [0.15, 0.2) is 0 Å². The van der Waals surface area contributed by atoms with Crippen LogP contribution in [0.5, 0.6) is 0 Å². The molecule has 2 rings (SSSR count). The number of halogens is 1. The van der Waals surface area contributed by atoms with Gasteiger partial charge in [0.05, 0.1) is 10.7 Å². The molecule has 110 valence electrons. The quantitative estimate of drug-likeness (QED) is 0.870. The molecule has 2 amide bonds. The molecule has 0 spiro atoms. The summed E-state index contributed by atoms with van der Waals surface area (Å²) < 4.78 is 2.58. The van der Waals surface area contributed by atoms with Crippen molar-refractivity contribution in [1.82, 2.24) is 9.78 Å². The van der Waals surface area contributed by atoms with Gasteiger partial charge in [-0.1, -0.05) is 0 Å². The van der Waals surface area contributed by atoms with Crippen LogP contribution in [0.25, 0.3) is 0 Å². The van der Waals surface area contributed by atoms with Crippen LogP contribution >= 0.6 is 15.9 Å². The van der Waals surface area contributed by atoms with Crippen molar-refractivity contribution in [3.8, 4) is 0 Å². The van der Waals surface area contributed by atoms with Crippen LogP contribution in [0.2, 0.25) is 0 Å². The zero-order valence-electron chi connectivity index (χ0n) is 11.5. The Kier molecular flexibility index (Phi) is 5.10. The maximum absolute atomic E-state index is 11.8. The Labute approximate surface area is 130 Å². The van der Waals surface area contributed by atoms with Gasteiger partial charge in [-0.05, 0) is 40.2 Å². The smallest absolute Gasteiger partial charge is 0.226 e. The van der Waals surface area contributed by atoms with Crippen molar-refractivity contribution in [3.05, 3.63) is 41.1 Å². The molecule has 0 bridgehead atoms. The van der Waals surface area contributed by atoms with Gasteiger partial charge in [0.1, 0.15) is 0 Å². The van der Waals surface area contributed by atoms with E-state index in [-0.39, 0.29) is 11.8 Å². The second kappa shape index (κ2) is 7.03. The summed E-state index contributed by atoms with van der Waals surface area (Å²) in [6.07, 6.45) is 3.83. The number of nitrogens with zero attached hydrogens (tertiary/aromatic N) is 2. The largest absolute Gasteiger partial charge is 0.326 e. The van der Waals surface area contributed by atoms with E-state index in [0.717, 1.165) is 4.47 Å². The molecule has 0 aliphatic carbocycles. The highest BCUT2D eigenvalue weighted by atomic mass is 79.9. The van der Waals surface area contributed by atoms with Crippen LogP contribution in [0.1, 0.15) is 13.3 Å². The Hall–Kier alpha value is -2.15. The lowest BCUT2D eigenvalue weighted by Gasteiger charge is -2.07. The molecule has 0 aliphatic heterocycles. The lowest BCUT2D eigenvalue weighted by atomic mass is 10.2. The molecule has 0 atom stereocenters. The molecule has 7 heteroatoms. The molecule has 0 saturated carbocycles. The monoisotopic (exact) mass is 350 g/mol. The number of benzene rings is 1. The van der Waals surface area contributed by atoms with Crippen LogP contribution in [-0.2, 0) is 16.1 Å². The first-order valence-electron chi connectivity index (χ1n) is 6.38. The number of hydrogen-bond donors (Lipinski definition) is 2. The first-order valence-corrected chi connectivity index (χ1v) is 7.18. The highest BCUT2D eigenvalue weighted by Gasteiger charge is 2.04. The number of amides is 2. The van der Waals surface area contributed by atoms with Crippen molar-refractivity contribution in [1.29, 1.82) is 0 Å². The molecule has 2 N–H and O–H groups in total. The molecule has 6 nitrogen and oxygen atoms in total. The topological polar surface area (TPSA) is 76.0 Å². The minimum Gasteiger partial charge on any atom is -0.326 e. The van der Waals surface area contributed by atoms with Gasteiger partial charge in [-0.15, -0.1) is 0 Å². The van der Waals surface area contributed by atoms with E-state index in [9.17, 15) is 9.59 Å². The van der Waals surface area contributed by atoms with Gasteiger partial charge in [-0.3, -0.25) is 14.3 Å². The van der Waals surface area contributed by atoms with Gasteiger partial charge in [0, 0.05) is 37.5 Å². The van der Waals surface area contributed by atoms with Gasteiger partial charge < -0.3 is 10.6 Å². The second-order valence-electron chi connectivity index (χ2n) is 4.48. The number of carbonyl (C=O) groups is 2. The van der Waals surface area contributed by atoms with E-state index in [1.165, 1.54) is 6.92 Å². The van der Waals surface area contributed by atoms with Crippen molar-refractivity contribution in [2.45, 2.75) is 19.9 Å². The molecular formula is C14H15BrN4O2. The van der Waals surface area contributed by atoms with Gasteiger partial charge >= 0.3 is 0 Å². The van der Waals surface area contributed by atoms with Crippen LogP contribution in [0.4, 0.5) is 11.4 Å². The summed E-state index contributed by atoms with van der Waals surface area (Å²) in [4.78, 5) is 22.7. The Morgan fingerprint density at radius 2 is 1.81 bits per heavy atom. The zero-order chi connectivity index (χ0) is 15.2.